The molecule has 0 aliphatic rings. The van der Waals surface area contributed by atoms with Gasteiger partial charge >= 0.3 is 0 Å². The molecule has 2 N–H and O–H groups in total. The topological polar surface area (TPSA) is 43.3 Å². The van der Waals surface area contributed by atoms with E-state index in [2.05, 4.69) is 34.0 Å². The van der Waals surface area contributed by atoms with Crippen molar-refractivity contribution < 1.29 is 0 Å². The SMILES string of the molecule is Cc1cc(N)c2nc(-c3cccs3)c(C)n2c1. The van der Waals surface area contributed by atoms with Crippen molar-refractivity contribution in [3.05, 3.63) is 41.0 Å². The molecular weight excluding hydrogens is 230 g/mol. The number of pyridine rings is 1. The molecule has 0 aliphatic carbocycles. The highest BCUT2D eigenvalue weighted by Crippen LogP contribution is 2.29. The normalized spacial score (nSPS) is 11.2. The van der Waals surface area contributed by atoms with E-state index in [0.717, 1.165) is 28.3 Å². The van der Waals surface area contributed by atoms with Crippen LogP contribution in [-0.4, -0.2) is 9.38 Å². The van der Waals surface area contributed by atoms with Crippen molar-refractivity contribution in [3.8, 4) is 10.6 Å². The van der Waals surface area contributed by atoms with Gasteiger partial charge < -0.3 is 10.1 Å². The first kappa shape index (κ1) is 10.4. The molecule has 3 aromatic rings. The molecule has 0 radical (unpaired) electrons. The Morgan fingerprint density at radius 2 is 2.18 bits per heavy atom. The molecule has 86 valence electrons. The second-order valence-corrected chi connectivity index (χ2v) is 5.14. The van der Waals surface area contributed by atoms with E-state index in [1.54, 1.807) is 11.3 Å². The number of nitrogens with zero attached hydrogens (tertiary/aromatic N) is 2. The first-order valence-electron chi connectivity index (χ1n) is 5.45. The van der Waals surface area contributed by atoms with E-state index in [-0.39, 0.29) is 0 Å². The van der Waals surface area contributed by atoms with Gasteiger partial charge in [0.05, 0.1) is 10.6 Å². The summed E-state index contributed by atoms with van der Waals surface area (Å²) in [6.07, 6.45) is 2.07. The third-order valence-corrected chi connectivity index (χ3v) is 3.76. The Morgan fingerprint density at radius 1 is 1.35 bits per heavy atom. The van der Waals surface area contributed by atoms with Crippen LogP contribution in [0.2, 0.25) is 0 Å². The van der Waals surface area contributed by atoms with Gasteiger partial charge in [-0.3, -0.25) is 0 Å². The number of hydrogen-bond acceptors (Lipinski definition) is 3. The third kappa shape index (κ3) is 1.52. The lowest BCUT2D eigenvalue weighted by atomic mass is 10.3. The fraction of sp³-hybridized carbons (Fsp3) is 0.154. The summed E-state index contributed by atoms with van der Waals surface area (Å²) in [5.41, 5.74) is 10.9. The third-order valence-electron chi connectivity index (χ3n) is 2.88. The van der Waals surface area contributed by atoms with Gasteiger partial charge in [-0.2, -0.15) is 0 Å². The lowest BCUT2D eigenvalue weighted by molar-refractivity contribution is 1.09. The molecule has 0 bridgehead atoms. The first-order chi connectivity index (χ1) is 8.16. The van der Waals surface area contributed by atoms with E-state index in [1.165, 1.54) is 4.88 Å². The zero-order valence-corrected chi connectivity index (χ0v) is 10.6. The standard InChI is InChI=1S/C13H13N3S/c1-8-6-10(14)13-15-12(9(2)16(13)7-8)11-4-3-5-17-11/h3-7H,14H2,1-2H3. The van der Waals surface area contributed by atoms with E-state index in [0.29, 0.717) is 0 Å². The summed E-state index contributed by atoms with van der Waals surface area (Å²) >= 11 is 1.70. The van der Waals surface area contributed by atoms with Crippen molar-refractivity contribution in [1.29, 1.82) is 0 Å². The summed E-state index contributed by atoms with van der Waals surface area (Å²) in [7, 11) is 0. The Balaban J connectivity index is 2.36. The van der Waals surface area contributed by atoms with Crippen LogP contribution in [0.3, 0.4) is 0 Å². The fourth-order valence-corrected chi connectivity index (χ4v) is 2.84. The number of anilines is 1. The number of aryl methyl sites for hydroxylation is 2. The van der Waals surface area contributed by atoms with Crippen LogP contribution in [0, 0.1) is 13.8 Å². The number of rotatable bonds is 1. The smallest absolute Gasteiger partial charge is 0.160 e. The summed E-state index contributed by atoms with van der Waals surface area (Å²) in [6, 6.07) is 6.08. The number of aromatic nitrogens is 2. The van der Waals surface area contributed by atoms with E-state index in [1.807, 2.05) is 19.1 Å². The molecule has 0 aromatic carbocycles. The minimum absolute atomic E-state index is 0.732. The highest BCUT2D eigenvalue weighted by atomic mass is 32.1. The molecule has 0 saturated carbocycles. The van der Waals surface area contributed by atoms with Crippen molar-refractivity contribution in [2.45, 2.75) is 13.8 Å². The number of hydrogen-bond donors (Lipinski definition) is 1. The van der Waals surface area contributed by atoms with Gasteiger partial charge in [0.15, 0.2) is 5.65 Å². The molecule has 0 spiro atoms. The molecule has 3 heterocycles. The number of fused-ring (bicyclic) bond motifs is 1. The van der Waals surface area contributed by atoms with Crippen LogP contribution >= 0.6 is 11.3 Å². The number of imidazole rings is 1. The van der Waals surface area contributed by atoms with Crippen LogP contribution in [0.5, 0.6) is 0 Å². The Bertz CT molecular complexity index is 680. The van der Waals surface area contributed by atoms with Crippen molar-refractivity contribution in [2.24, 2.45) is 0 Å². The second kappa shape index (κ2) is 3.60. The van der Waals surface area contributed by atoms with Crippen LogP contribution < -0.4 is 5.73 Å². The van der Waals surface area contributed by atoms with Gasteiger partial charge in [-0.25, -0.2) is 4.98 Å². The van der Waals surface area contributed by atoms with Gasteiger partial charge in [0, 0.05) is 11.9 Å². The fourth-order valence-electron chi connectivity index (χ4n) is 2.07. The maximum absolute atomic E-state index is 6.01. The Labute approximate surface area is 104 Å². The molecule has 3 rings (SSSR count). The van der Waals surface area contributed by atoms with Gasteiger partial charge in [0.25, 0.3) is 0 Å². The quantitative estimate of drug-likeness (QED) is 0.713. The minimum Gasteiger partial charge on any atom is -0.396 e. The van der Waals surface area contributed by atoms with Crippen LogP contribution in [0.15, 0.2) is 29.8 Å². The molecule has 0 atom stereocenters. The highest BCUT2D eigenvalue weighted by molar-refractivity contribution is 7.13. The highest BCUT2D eigenvalue weighted by Gasteiger charge is 2.12. The molecule has 0 amide bonds. The van der Waals surface area contributed by atoms with Crippen LogP contribution in [0.25, 0.3) is 16.2 Å². The Morgan fingerprint density at radius 3 is 2.88 bits per heavy atom. The van der Waals surface area contributed by atoms with Crippen LogP contribution in [0.1, 0.15) is 11.3 Å². The zero-order chi connectivity index (χ0) is 12.0. The molecule has 3 aromatic heterocycles. The van der Waals surface area contributed by atoms with E-state index in [9.17, 15) is 0 Å². The summed E-state index contributed by atoms with van der Waals surface area (Å²) in [4.78, 5) is 5.83. The van der Waals surface area contributed by atoms with E-state index < -0.39 is 0 Å². The van der Waals surface area contributed by atoms with Crippen molar-refractivity contribution in [1.82, 2.24) is 9.38 Å². The van der Waals surface area contributed by atoms with Gasteiger partial charge in [0.2, 0.25) is 0 Å². The molecule has 0 unspecified atom stereocenters. The second-order valence-electron chi connectivity index (χ2n) is 4.19. The van der Waals surface area contributed by atoms with Gasteiger partial charge in [-0.15, -0.1) is 11.3 Å². The molecule has 0 aliphatic heterocycles. The van der Waals surface area contributed by atoms with E-state index in [4.69, 9.17) is 5.73 Å². The molecule has 0 saturated heterocycles. The zero-order valence-electron chi connectivity index (χ0n) is 9.77. The summed E-state index contributed by atoms with van der Waals surface area (Å²) in [6.45, 7) is 4.12. The maximum atomic E-state index is 6.01. The summed E-state index contributed by atoms with van der Waals surface area (Å²) < 4.78 is 2.07. The summed E-state index contributed by atoms with van der Waals surface area (Å²) in [5, 5.41) is 2.06. The minimum atomic E-state index is 0.732. The maximum Gasteiger partial charge on any atom is 0.160 e. The predicted molar refractivity (Wildman–Crippen MR) is 72.4 cm³/mol. The van der Waals surface area contributed by atoms with E-state index >= 15 is 0 Å². The molecule has 0 fully saturated rings. The number of thiophene rings is 1. The summed E-state index contributed by atoms with van der Waals surface area (Å²) in [5.74, 6) is 0. The molecule has 17 heavy (non-hydrogen) atoms. The average molecular weight is 243 g/mol. The van der Waals surface area contributed by atoms with Crippen molar-refractivity contribution >= 4 is 22.7 Å². The van der Waals surface area contributed by atoms with Crippen LogP contribution in [0.4, 0.5) is 5.69 Å². The van der Waals surface area contributed by atoms with Crippen molar-refractivity contribution in [2.75, 3.05) is 5.73 Å². The Kier molecular flexibility index (Phi) is 2.19. The van der Waals surface area contributed by atoms with Crippen LogP contribution in [-0.2, 0) is 0 Å². The Hall–Kier alpha value is -1.81. The van der Waals surface area contributed by atoms with Crippen molar-refractivity contribution in [3.63, 3.8) is 0 Å². The van der Waals surface area contributed by atoms with Gasteiger partial charge in [-0.1, -0.05) is 6.07 Å². The average Bonchev–Trinajstić information content (AvgIpc) is 2.87. The lowest BCUT2D eigenvalue weighted by Gasteiger charge is -2.01. The lowest BCUT2D eigenvalue weighted by Crippen LogP contribution is -1.95. The largest absolute Gasteiger partial charge is 0.396 e. The number of nitrogen functional groups attached to an aromatic ring is 1. The first-order valence-corrected chi connectivity index (χ1v) is 6.33. The van der Waals surface area contributed by atoms with Gasteiger partial charge in [0.1, 0.15) is 5.69 Å². The molecule has 4 heteroatoms. The number of nitrogens with two attached hydrogens (primary N) is 1. The predicted octanol–water partition coefficient (Wildman–Crippen LogP) is 3.26. The molecular formula is C13H13N3S. The molecule has 3 nitrogen and oxygen atoms in total. The van der Waals surface area contributed by atoms with Gasteiger partial charge in [-0.05, 0) is 36.9 Å². The monoisotopic (exact) mass is 243 g/mol.